The third-order valence-electron chi connectivity index (χ3n) is 5.13. The molecule has 0 spiro atoms. The van der Waals surface area contributed by atoms with Gasteiger partial charge in [-0.15, -0.1) is 11.3 Å². The summed E-state index contributed by atoms with van der Waals surface area (Å²) >= 11 is 13.4. The number of fused-ring (bicyclic) bond motifs is 1. The molecule has 10 heteroatoms. The average molecular weight is 511 g/mol. The summed E-state index contributed by atoms with van der Waals surface area (Å²) < 4.78 is 31.4. The zero-order chi connectivity index (χ0) is 22.9. The van der Waals surface area contributed by atoms with E-state index in [1.54, 1.807) is 36.5 Å². The number of hydrogen-bond acceptors (Lipinski definition) is 6. The average Bonchev–Trinajstić information content (AvgIpc) is 3.13. The van der Waals surface area contributed by atoms with Crippen molar-refractivity contribution in [2.75, 3.05) is 11.9 Å². The highest BCUT2D eigenvalue weighted by atomic mass is 35.5. The van der Waals surface area contributed by atoms with E-state index in [-0.39, 0.29) is 29.1 Å². The third-order valence-corrected chi connectivity index (χ3v) is 8.38. The van der Waals surface area contributed by atoms with Crippen LogP contribution in [0.15, 0.2) is 47.5 Å². The van der Waals surface area contributed by atoms with Crippen molar-refractivity contribution in [1.82, 2.24) is 4.98 Å². The molecule has 1 atom stereocenters. The zero-order valence-corrected chi connectivity index (χ0v) is 20.2. The maximum atomic E-state index is 12.9. The van der Waals surface area contributed by atoms with Crippen molar-refractivity contribution in [1.29, 1.82) is 0 Å². The molecule has 1 aliphatic heterocycles. The first-order chi connectivity index (χ1) is 15.2. The molecule has 1 amide bonds. The molecule has 4 rings (SSSR count). The molecule has 168 valence electrons. The number of amides is 1. The number of benzene rings is 2. The molecule has 1 aromatic heterocycles. The van der Waals surface area contributed by atoms with Gasteiger partial charge in [-0.1, -0.05) is 23.2 Å². The van der Waals surface area contributed by atoms with Crippen LogP contribution in [0.2, 0.25) is 10.0 Å². The number of nitrogens with zero attached hydrogens (tertiary/aromatic N) is 1. The van der Waals surface area contributed by atoms with Gasteiger partial charge in [-0.3, -0.25) is 4.79 Å². The molecule has 0 saturated heterocycles. The van der Waals surface area contributed by atoms with Gasteiger partial charge in [0, 0.05) is 27.7 Å². The first-order valence-electron chi connectivity index (χ1n) is 9.87. The molecule has 1 aliphatic rings. The number of ether oxygens (including phenoxy) is 1. The molecule has 1 N–H and O–H groups in total. The second-order valence-electron chi connectivity index (χ2n) is 7.54. The molecule has 6 nitrogen and oxygen atoms in total. The molecule has 0 saturated carbocycles. The summed E-state index contributed by atoms with van der Waals surface area (Å²) in [4.78, 5) is 17.8. The number of carbonyl (C=O) groups excluding carboxylic acids is 1. The molecular formula is C22H20Cl2N2O4S2. The van der Waals surface area contributed by atoms with Crippen LogP contribution in [0, 0.1) is 12.8 Å². The smallest absolute Gasteiger partial charge is 0.227 e. The summed E-state index contributed by atoms with van der Waals surface area (Å²) in [6.07, 6.45) is 2.56. The molecule has 0 fully saturated rings. The minimum Gasteiger partial charge on any atom is -0.492 e. The Kier molecular flexibility index (Phi) is 6.76. The number of thiazole rings is 1. The molecular weight excluding hydrogens is 491 g/mol. The molecule has 32 heavy (non-hydrogen) atoms. The first kappa shape index (κ1) is 23.0. The summed E-state index contributed by atoms with van der Waals surface area (Å²) in [5.74, 6) is -0.0979. The lowest BCUT2D eigenvalue weighted by Gasteiger charge is -2.25. The van der Waals surface area contributed by atoms with E-state index >= 15 is 0 Å². The number of hydrogen-bond donors (Lipinski definition) is 1. The highest BCUT2D eigenvalue weighted by Gasteiger charge is 2.28. The van der Waals surface area contributed by atoms with E-state index in [9.17, 15) is 13.2 Å². The molecule has 3 aromatic rings. The monoisotopic (exact) mass is 510 g/mol. The van der Waals surface area contributed by atoms with Crippen molar-refractivity contribution in [3.05, 3.63) is 68.1 Å². The van der Waals surface area contributed by atoms with Crippen molar-refractivity contribution in [2.24, 2.45) is 5.92 Å². The molecule has 0 aliphatic carbocycles. The Balaban J connectivity index is 1.44. The predicted octanol–water partition coefficient (Wildman–Crippen LogP) is 5.31. The standard InChI is InChI=1S/C22H20Cl2N2O4S2/c1-13-11-25-21(31-13)12-32(28,29)17-3-4-19-15(9-17)8-14(22(27)26-19)6-7-30-20-5-2-16(23)10-18(20)24/h2-5,9-11,14H,6-8,12H2,1H3,(H,26,27). The van der Waals surface area contributed by atoms with Crippen LogP contribution in [-0.2, 0) is 26.8 Å². The van der Waals surface area contributed by atoms with E-state index in [0.717, 1.165) is 10.4 Å². The van der Waals surface area contributed by atoms with E-state index in [4.69, 9.17) is 27.9 Å². The first-order valence-corrected chi connectivity index (χ1v) is 13.1. The number of rotatable bonds is 7. The maximum absolute atomic E-state index is 12.9. The lowest BCUT2D eigenvalue weighted by atomic mass is 9.91. The van der Waals surface area contributed by atoms with Crippen LogP contribution >= 0.6 is 34.5 Å². The second kappa shape index (κ2) is 9.39. The number of halogens is 2. The quantitative estimate of drug-likeness (QED) is 0.465. The van der Waals surface area contributed by atoms with Gasteiger partial charge in [0.25, 0.3) is 0 Å². The number of sulfone groups is 1. The van der Waals surface area contributed by atoms with Gasteiger partial charge in [-0.2, -0.15) is 0 Å². The number of aromatic nitrogens is 1. The largest absolute Gasteiger partial charge is 0.492 e. The molecule has 1 unspecified atom stereocenters. The Labute approximate surface area is 200 Å². The fourth-order valence-electron chi connectivity index (χ4n) is 3.50. The fraction of sp³-hybridized carbons (Fsp3) is 0.273. The molecule has 2 heterocycles. The van der Waals surface area contributed by atoms with E-state index in [2.05, 4.69) is 10.3 Å². The van der Waals surface area contributed by atoms with Crippen LogP contribution in [0.3, 0.4) is 0 Å². The second-order valence-corrected chi connectivity index (χ2v) is 11.7. The topological polar surface area (TPSA) is 85.4 Å². The summed E-state index contributed by atoms with van der Waals surface area (Å²) in [5, 5.41) is 4.34. The van der Waals surface area contributed by atoms with Crippen LogP contribution in [0.5, 0.6) is 5.75 Å². The molecule has 0 radical (unpaired) electrons. The number of carbonyl (C=O) groups is 1. The van der Waals surface area contributed by atoms with Crippen molar-refractivity contribution >= 4 is 56.0 Å². The lowest BCUT2D eigenvalue weighted by molar-refractivity contribution is -0.120. The van der Waals surface area contributed by atoms with E-state index in [0.29, 0.717) is 39.3 Å². The van der Waals surface area contributed by atoms with Gasteiger partial charge < -0.3 is 10.1 Å². The van der Waals surface area contributed by atoms with Crippen LogP contribution in [-0.4, -0.2) is 25.9 Å². The van der Waals surface area contributed by atoms with Crippen LogP contribution < -0.4 is 10.1 Å². The van der Waals surface area contributed by atoms with Gasteiger partial charge in [0.1, 0.15) is 16.5 Å². The van der Waals surface area contributed by atoms with E-state index < -0.39 is 9.84 Å². The Bertz CT molecular complexity index is 1270. The Morgan fingerprint density at radius 2 is 2.03 bits per heavy atom. The zero-order valence-electron chi connectivity index (χ0n) is 17.1. The minimum atomic E-state index is -3.54. The SMILES string of the molecule is Cc1cnc(CS(=O)(=O)c2ccc3c(c2)CC(CCOc2ccc(Cl)cc2Cl)C(=O)N3)s1. The predicted molar refractivity (Wildman–Crippen MR) is 127 cm³/mol. The minimum absolute atomic E-state index is 0.114. The number of anilines is 1. The summed E-state index contributed by atoms with van der Waals surface area (Å²) in [7, 11) is -3.54. The van der Waals surface area contributed by atoms with E-state index in [1.165, 1.54) is 17.4 Å². The Morgan fingerprint density at radius 1 is 1.22 bits per heavy atom. The van der Waals surface area contributed by atoms with Crippen molar-refractivity contribution in [3.63, 3.8) is 0 Å². The Morgan fingerprint density at radius 3 is 2.75 bits per heavy atom. The van der Waals surface area contributed by atoms with Crippen LogP contribution in [0.4, 0.5) is 5.69 Å². The van der Waals surface area contributed by atoms with E-state index in [1.807, 2.05) is 6.92 Å². The number of aryl methyl sites for hydroxylation is 1. The molecule has 2 aromatic carbocycles. The van der Waals surface area contributed by atoms with Gasteiger partial charge >= 0.3 is 0 Å². The van der Waals surface area contributed by atoms with Crippen molar-refractivity contribution in [3.8, 4) is 5.75 Å². The normalized spacial score (nSPS) is 15.8. The highest BCUT2D eigenvalue weighted by Crippen LogP contribution is 2.32. The van der Waals surface area contributed by atoms with Crippen molar-refractivity contribution < 1.29 is 17.9 Å². The van der Waals surface area contributed by atoms with Crippen LogP contribution in [0.1, 0.15) is 21.9 Å². The van der Waals surface area contributed by atoms with Gasteiger partial charge in [-0.25, -0.2) is 13.4 Å². The third kappa shape index (κ3) is 5.26. The van der Waals surface area contributed by atoms with Crippen LogP contribution in [0.25, 0.3) is 0 Å². The summed E-state index contributed by atoms with van der Waals surface area (Å²) in [5.41, 5.74) is 1.42. The maximum Gasteiger partial charge on any atom is 0.227 e. The summed E-state index contributed by atoms with van der Waals surface area (Å²) in [6.45, 7) is 2.18. The van der Waals surface area contributed by atoms with Gasteiger partial charge in [0.15, 0.2) is 9.84 Å². The lowest BCUT2D eigenvalue weighted by Crippen LogP contribution is -2.31. The fourth-order valence-corrected chi connectivity index (χ4v) is 6.41. The summed E-state index contributed by atoms with van der Waals surface area (Å²) in [6, 6.07) is 9.78. The van der Waals surface area contributed by atoms with Crippen molar-refractivity contribution in [2.45, 2.75) is 30.4 Å². The van der Waals surface area contributed by atoms with Gasteiger partial charge in [0.05, 0.1) is 16.5 Å². The van der Waals surface area contributed by atoms with Gasteiger partial charge in [-0.05, 0) is 61.7 Å². The number of nitrogens with one attached hydrogen (secondary N) is 1. The Hall–Kier alpha value is -2.13. The molecule has 0 bridgehead atoms. The van der Waals surface area contributed by atoms with Gasteiger partial charge in [0.2, 0.25) is 5.91 Å². The highest BCUT2D eigenvalue weighted by molar-refractivity contribution is 7.90.